The number of carboxylic acid groups (broad SMARTS) is 1. The van der Waals surface area contributed by atoms with Gasteiger partial charge in [0.2, 0.25) is 0 Å². The third-order valence-corrected chi connectivity index (χ3v) is 4.56. The molecule has 21 heavy (non-hydrogen) atoms. The first kappa shape index (κ1) is 16.3. The quantitative estimate of drug-likeness (QED) is 0.651. The van der Waals surface area contributed by atoms with E-state index in [0.29, 0.717) is 10.7 Å². The molecule has 1 saturated heterocycles. The predicted molar refractivity (Wildman–Crippen MR) is 86.7 cm³/mol. The van der Waals surface area contributed by atoms with Gasteiger partial charge in [-0.05, 0) is 47.7 Å². The van der Waals surface area contributed by atoms with Gasteiger partial charge in [-0.2, -0.15) is 0 Å². The number of rotatable bonds is 3. The van der Waals surface area contributed by atoms with Gasteiger partial charge in [0, 0.05) is 8.59 Å². The maximum Gasteiger partial charge on any atom is 0.319 e. The average molecular weight is 425 g/mol. The fourth-order valence-corrected chi connectivity index (χ4v) is 3.00. The minimum Gasteiger partial charge on any atom is -0.481 e. The average Bonchev–Trinajstić information content (AvgIpc) is 2.76. The maximum absolute atomic E-state index is 12.0. The largest absolute Gasteiger partial charge is 0.481 e. The van der Waals surface area contributed by atoms with Crippen molar-refractivity contribution in [3.8, 4) is 0 Å². The number of amides is 2. The lowest BCUT2D eigenvalue weighted by Crippen LogP contribution is -2.50. The van der Waals surface area contributed by atoms with E-state index in [1.54, 1.807) is 25.1 Å². The molecule has 2 rings (SSSR count). The summed E-state index contributed by atoms with van der Waals surface area (Å²) in [6, 6.07) is 4.01. The van der Waals surface area contributed by atoms with Crippen LogP contribution in [0.2, 0.25) is 5.02 Å². The van der Waals surface area contributed by atoms with E-state index < -0.39 is 23.5 Å². The van der Waals surface area contributed by atoms with Crippen molar-refractivity contribution in [3.05, 3.63) is 26.8 Å². The van der Waals surface area contributed by atoms with Crippen molar-refractivity contribution in [2.24, 2.45) is 5.41 Å². The van der Waals surface area contributed by atoms with Crippen LogP contribution < -0.4 is 10.6 Å². The SMILES string of the molecule is CC1(C(=O)O)COCC1NC(=O)Nc1ccc(Cl)cc1I. The van der Waals surface area contributed by atoms with Gasteiger partial charge in [0.15, 0.2) is 0 Å². The summed E-state index contributed by atoms with van der Waals surface area (Å²) in [6.07, 6.45) is 0. The summed E-state index contributed by atoms with van der Waals surface area (Å²) in [5.41, 5.74) is -0.516. The van der Waals surface area contributed by atoms with Gasteiger partial charge in [0.1, 0.15) is 5.41 Å². The molecule has 2 atom stereocenters. The van der Waals surface area contributed by atoms with E-state index in [1.165, 1.54) is 0 Å². The highest BCUT2D eigenvalue weighted by atomic mass is 127. The second kappa shape index (κ2) is 6.37. The predicted octanol–water partition coefficient (Wildman–Crippen LogP) is 2.56. The molecule has 8 heteroatoms. The monoisotopic (exact) mass is 424 g/mol. The molecule has 1 aliphatic rings. The van der Waals surface area contributed by atoms with E-state index in [0.717, 1.165) is 3.57 Å². The van der Waals surface area contributed by atoms with Crippen molar-refractivity contribution in [2.75, 3.05) is 18.5 Å². The summed E-state index contributed by atoms with van der Waals surface area (Å²) in [6.45, 7) is 1.80. The number of nitrogens with one attached hydrogen (secondary N) is 2. The Balaban J connectivity index is 2.03. The fraction of sp³-hybridized carbons (Fsp3) is 0.385. The zero-order valence-corrected chi connectivity index (χ0v) is 14.1. The first-order valence-corrected chi connectivity index (χ1v) is 7.62. The highest BCUT2D eigenvalue weighted by molar-refractivity contribution is 14.1. The van der Waals surface area contributed by atoms with Crippen LogP contribution in [0.4, 0.5) is 10.5 Å². The summed E-state index contributed by atoms with van der Waals surface area (Å²) in [5, 5.41) is 15.2. The molecule has 114 valence electrons. The van der Waals surface area contributed by atoms with Crippen molar-refractivity contribution >= 4 is 51.9 Å². The maximum atomic E-state index is 12.0. The van der Waals surface area contributed by atoms with Gasteiger partial charge in [-0.1, -0.05) is 11.6 Å². The molecule has 3 N–H and O–H groups in total. The lowest BCUT2D eigenvalue weighted by atomic mass is 9.85. The normalized spacial score (nSPS) is 24.6. The molecule has 1 fully saturated rings. The van der Waals surface area contributed by atoms with Crippen LogP contribution in [0.15, 0.2) is 18.2 Å². The van der Waals surface area contributed by atoms with E-state index >= 15 is 0 Å². The van der Waals surface area contributed by atoms with Crippen molar-refractivity contribution in [1.82, 2.24) is 5.32 Å². The molecule has 0 spiro atoms. The van der Waals surface area contributed by atoms with Gasteiger partial charge in [-0.15, -0.1) is 0 Å². The van der Waals surface area contributed by atoms with Crippen LogP contribution in [0.5, 0.6) is 0 Å². The van der Waals surface area contributed by atoms with Gasteiger partial charge < -0.3 is 20.5 Å². The van der Waals surface area contributed by atoms with Crippen molar-refractivity contribution in [3.63, 3.8) is 0 Å². The highest BCUT2D eigenvalue weighted by Crippen LogP contribution is 2.29. The lowest BCUT2D eigenvalue weighted by Gasteiger charge is -2.25. The van der Waals surface area contributed by atoms with Crippen molar-refractivity contribution in [2.45, 2.75) is 13.0 Å². The van der Waals surface area contributed by atoms with E-state index in [1.807, 2.05) is 0 Å². The Morgan fingerprint density at radius 2 is 2.24 bits per heavy atom. The Bertz CT molecular complexity index is 583. The Hall–Kier alpha value is -1.06. The van der Waals surface area contributed by atoms with Crippen LogP contribution >= 0.6 is 34.2 Å². The summed E-state index contributed by atoms with van der Waals surface area (Å²) in [7, 11) is 0. The number of hydrogen-bond acceptors (Lipinski definition) is 3. The second-order valence-corrected chi connectivity index (χ2v) is 6.61. The number of aliphatic carboxylic acids is 1. The molecule has 0 aliphatic carbocycles. The van der Waals surface area contributed by atoms with Gasteiger partial charge in [0.05, 0.1) is 24.9 Å². The van der Waals surface area contributed by atoms with Gasteiger partial charge >= 0.3 is 12.0 Å². The highest BCUT2D eigenvalue weighted by Gasteiger charge is 2.47. The van der Waals surface area contributed by atoms with E-state index in [2.05, 4.69) is 33.2 Å². The summed E-state index contributed by atoms with van der Waals surface area (Å²) in [5.74, 6) is -0.994. The molecule has 1 aromatic rings. The summed E-state index contributed by atoms with van der Waals surface area (Å²) >= 11 is 7.90. The molecular weight excluding hydrogens is 411 g/mol. The smallest absolute Gasteiger partial charge is 0.319 e. The van der Waals surface area contributed by atoms with Crippen LogP contribution in [0.3, 0.4) is 0 Å². The van der Waals surface area contributed by atoms with Crippen LogP contribution in [-0.4, -0.2) is 36.4 Å². The molecule has 0 radical (unpaired) electrons. The summed E-state index contributed by atoms with van der Waals surface area (Å²) < 4.78 is 5.97. The molecule has 6 nitrogen and oxygen atoms in total. The number of hydrogen-bond donors (Lipinski definition) is 3. The molecule has 0 saturated carbocycles. The van der Waals surface area contributed by atoms with Crippen LogP contribution in [0.1, 0.15) is 6.92 Å². The topological polar surface area (TPSA) is 87.7 Å². The van der Waals surface area contributed by atoms with Gasteiger partial charge in [0.25, 0.3) is 0 Å². The third kappa shape index (κ3) is 3.58. The molecule has 1 aliphatic heterocycles. The lowest BCUT2D eigenvalue weighted by molar-refractivity contribution is -0.148. The van der Waals surface area contributed by atoms with Crippen molar-refractivity contribution < 1.29 is 19.4 Å². The molecule has 2 amide bonds. The zero-order valence-electron chi connectivity index (χ0n) is 11.2. The van der Waals surface area contributed by atoms with E-state index in [4.69, 9.17) is 16.3 Å². The standard InChI is InChI=1S/C13H14ClIN2O4/c1-13(11(18)19)6-21-5-10(13)17-12(20)16-9-3-2-7(14)4-8(9)15/h2-4,10H,5-6H2,1H3,(H,18,19)(H2,16,17,20). The van der Waals surface area contributed by atoms with Crippen LogP contribution in [0.25, 0.3) is 0 Å². The molecule has 0 bridgehead atoms. The Kier molecular flexibility index (Phi) is 4.95. The number of ether oxygens (including phenoxy) is 1. The number of urea groups is 1. The minimum absolute atomic E-state index is 0.0752. The number of carboxylic acids is 1. The summed E-state index contributed by atoms with van der Waals surface area (Å²) in [4.78, 5) is 23.3. The van der Waals surface area contributed by atoms with E-state index in [9.17, 15) is 14.7 Å². The molecule has 1 heterocycles. The number of carbonyl (C=O) groups excluding carboxylic acids is 1. The number of anilines is 1. The molecular formula is C13H14ClIN2O4. The number of carbonyl (C=O) groups is 2. The second-order valence-electron chi connectivity index (χ2n) is 5.01. The Labute approximate surface area is 140 Å². The van der Waals surface area contributed by atoms with Crippen molar-refractivity contribution in [1.29, 1.82) is 0 Å². The third-order valence-electron chi connectivity index (χ3n) is 3.43. The number of benzene rings is 1. The van der Waals surface area contributed by atoms with Crippen LogP contribution in [0, 0.1) is 8.99 Å². The van der Waals surface area contributed by atoms with Gasteiger partial charge in [-0.3, -0.25) is 4.79 Å². The Morgan fingerprint density at radius 3 is 2.86 bits per heavy atom. The molecule has 1 aromatic carbocycles. The van der Waals surface area contributed by atoms with E-state index in [-0.39, 0.29) is 13.2 Å². The minimum atomic E-state index is -1.12. The van der Waals surface area contributed by atoms with Gasteiger partial charge in [-0.25, -0.2) is 4.79 Å². The molecule has 0 aromatic heterocycles. The van der Waals surface area contributed by atoms with Crippen LogP contribution in [-0.2, 0) is 9.53 Å². The number of halogens is 2. The first-order chi connectivity index (χ1) is 9.83. The fourth-order valence-electron chi connectivity index (χ4n) is 1.99. The zero-order chi connectivity index (χ0) is 15.6. The molecule has 2 unspecified atom stereocenters. The Morgan fingerprint density at radius 1 is 1.52 bits per heavy atom. The first-order valence-electron chi connectivity index (χ1n) is 6.16.